The van der Waals surface area contributed by atoms with Crippen molar-refractivity contribution >= 4 is 17.0 Å². The Morgan fingerprint density at radius 1 is 0.594 bits per heavy atom. The predicted molar refractivity (Wildman–Crippen MR) is 135 cm³/mol. The summed E-state index contributed by atoms with van der Waals surface area (Å²) in [5.74, 6) is 0.562. The van der Waals surface area contributed by atoms with Crippen molar-refractivity contribution < 1.29 is 0 Å². The Labute approximate surface area is 190 Å². The Morgan fingerprint density at radius 3 is 1.75 bits per heavy atom. The summed E-state index contributed by atoms with van der Waals surface area (Å²) in [5.41, 5.74) is 10.6. The number of nitrogens with one attached hydrogen (secondary N) is 1. The lowest BCUT2D eigenvalue weighted by molar-refractivity contribution is 0.645. The SMILES string of the molecule is C1=C(c2ccccc2)[C@H](c2ccccc2)[C@H](c2ccccc2)C/C1=N/Nc1ccccc1. The number of hydrazone groups is 1. The molecule has 1 aliphatic carbocycles. The number of allylic oxidation sites excluding steroid dienone is 2. The van der Waals surface area contributed by atoms with Gasteiger partial charge in [0.1, 0.15) is 0 Å². The van der Waals surface area contributed by atoms with Gasteiger partial charge in [0, 0.05) is 11.8 Å². The molecule has 5 rings (SSSR count). The number of rotatable bonds is 5. The van der Waals surface area contributed by atoms with Crippen LogP contribution >= 0.6 is 0 Å². The van der Waals surface area contributed by atoms with Crippen molar-refractivity contribution in [3.63, 3.8) is 0 Å². The number of hydrogen-bond donors (Lipinski definition) is 1. The quantitative estimate of drug-likeness (QED) is 0.336. The van der Waals surface area contributed by atoms with Gasteiger partial charge < -0.3 is 0 Å². The Bertz CT molecular complexity index is 1200. The average molecular weight is 415 g/mol. The van der Waals surface area contributed by atoms with Crippen LogP contribution in [0.15, 0.2) is 133 Å². The molecule has 0 unspecified atom stereocenters. The molecule has 2 atom stereocenters. The van der Waals surface area contributed by atoms with E-state index in [1.54, 1.807) is 0 Å². The van der Waals surface area contributed by atoms with Gasteiger partial charge in [-0.15, -0.1) is 0 Å². The largest absolute Gasteiger partial charge is 0.278 e. The first kappa shape index (κ1) is 20.0. The van der Waals surface area contributed by atoms with Gasteiger partial charge in [-0.1, -0.05) is 109 Å². The van der Waals surface area contributed by atoms with Gasteiger partial charge in [0.05, 0.1) is 11.4 Å². The molecule has 0 saturated carbocycles. The van der Waals surface area contributed by atoms with Crippen LogP contribution in [0.5, 0.6) is 0 Å². The zero-order chi connectivity index (χ0) is 21.6. The third-order valence-corrected chi connectivity index (χ3v) is 6.08. The predicted octanol–water partition coefficient (Wildman–Crippen LogP) is 7.51. The topological polar surface area (TPSA) is 24.4 Å². The van der Waals surface area contributed by atoms with E-state index in [-0.39, 0.29) is 5.92 Å². The summed E-state index contributed by atoms with van der Waals surface area (Å²) < 4.78 is 0. The van der Waals surface area contributed by atoms with Crippen molar-refractivity contribution in [3.8, 4) is 0 Å². The summed E-state index contributed by atoms with van der Waals surface area (Å²) in [5, 5.41) is 4.82. The van der Waals surface area contributed by atoms with Crippen LogP contribution in [0.4, 0.5) is 5.69 Å². The molecule has 4 aromatic rings. The van der Waals surface area contributed by atoms with E-state index in [9.17, 15) is 0 Å². The maximum atomic E-state index is 4.82. The van der Waals surface area contributed by atoms with Gasteiger partial charge in [-0.2, -0.15) is 5.10 Å². The summed E-state index contributed by atoms with van der Waals surface area (Å²) in [6.07, 6.45) is 3.15. The van der Waals surface area contributed by atoms with Crippen molar-refractivity contribution in [2.24, 2.45) is 5.10 Å². The fourth-order valence-corrected chi connectivity index (χ4v) is 4.59. The molecule has 0 radical (unpaired) electrons. The third-order valence-electron chi connectivity index (χ3n) is 6.08. The molecule has 0 bridgehead atoms. The minimum Gasteiger partial charge on any atom is -0.278 e. The highest BCUT2D eigenvalue weighted by atomic mass is 15.3. The molecule has 32 heavy (non-hydrogen) atoms. The van der Waals surface area contributed by atoms with Crippen LogP contribution in [0.3, 0.4) is 0 Å². The summed E-state index contributed by atoms with van der Waals surface area (Å²) in [6, 6.07) is 42.6. The molecule has 0 spiro atoms. The van der Waals surface area contributed by atoms with Crippen LogP contribution in [0.2, 0.25) is 0 Å². The summed E-state index contributed by atoms with van der Waals surface area (Å²) in [6.45, 7) is 0. The molecule has 0 heterocycles. The van der Waals surface area contributed by atoms with Crippen molar-refractivity contribution in [3.05, 3.63) is 144 Å². The molecule has 0 fully saturated rings. The maximum Gasteiger partial charge on any atom is 0.0616 e. The second kappa shape index (κ2) is 9.49. The minimum absolute atomic E-state index is 0.261. The van der Waals surface area contributed by atoms with Gasteiger partial charge in [-0.3, -0.25) is 5.43 Å². The van der Waals surface area contributed by atoms with Crippen LogP contribution in [-0.2, 0) is 0 Å². The smallest absolute Gasteiger partial charge is 0.0616 e. The molecule has 1 aliphatic rings. The van der Waals surface area contributed by atoms with Crippen LogP contribution < -0.4 is 5.43 Å². The molecule has 156 valence electrons. The Kier molecular flexibility index (Phi) is 5.93. The van der Waals surface area contributed by atoms with Crippen molar-refractivity contribution in [1.82, 2.24) is 0 Å². The molecule has 1 N–H and O–H groups in total. The lowest BCUT2D eigenvalue weighted by atomic mass is 9.69. The molecular formula is C30H26N2. The van der Waals surface area contributed by atoms with Gasteiger partial charge in [0.2, 0.25) is 0 Å². The fourth-order valence-electron chi connectivity index (χ4n) is 4.59. The monoisotopic (exact) mass is 414 g/mol. The number of benzene rings is 4. The molecule has 0 saturated heterocycles. The first-order chi connectivity index (χ1) is 15.9. The number of anilines is 1. The van der Waals surface area contributed by atoms with Crippen molar-refractivity contribution in [2.75, 3.05) is 5.43 Å². The minimum atomic E-state index is 0.261. The third kappa shape index (κ3) is 4.40. The van der Waals surface area contributed by atoms with E-state index in [1.807, 2.05) is 30.3 Å². The van der Waals surface area contributed by atoms with E-state index in [2.05, 4.69) is 102 Å². The molecule has 0 aromatic heterocycles. The van der Waals surface area contributed by atoms with Crippen molar-refractivity contribution in [1.29, 1.82) is 0 Å². The van der Waals surface area contributed by atoms with E-state index >= 15 is 0 Å². The van der Waals surface area contributed by atoms with Crippen molar-refractivity contribution in [2.45, 2.75) is 18.3 Å². The summed E-state index contributed by atoms with van der Waals surface area (Å²) >= 11 is 0. The molecule has 2 nitrogen and oxygen atoms in total. The zero-order valence-corrected chi connectivity index (χ0v) is 17.9. The van der Waals surface area contributed by atoms with Crippen LogP contribution in [0, 0.1) is 0 Å². The van der Waals surface area contributed by atoms with Gasteiger partial charge in [-0.25, -0.2) is 0 Å². The number of nitrogens with zero attached hydrogens (tertiary/aromatic N) is 1. The van der Waals surface area contributed by atoms with E-state index in [4.69, 9.17) is 5.10 Å². The maximum absolute atomic E-state index is 4.82. The first-order valence-electron chi connectivity index (χ1n) is 11.1. The van der Waals surface area contributed by atoms with Crippen LogP contribution in [-0.4, -0.2) is 5.71 Å². The average Bonchev–Trinajstić information content (AvgIpc) is 2.89. The highest BCUT2D eigenvalue weighted by molar-refractivity contribution is 6.05. The highest BCUT2D eigenvalue weighted by Gasteiger charge is 2.33. The van der Waals surface area contributed by atoms with Gasteiger partial charge in [0.15, 0.2) is 0 Å². The zero-order valence-electron chi connectivity index (χ0n) is 17.9. The number of para-hydroxylation sites is 1. The van der Waals surface area contributed by atoms with Crippen LogP contribution in [0.25, 0.3) is 5.57 Å². The molecule has 2 heteroatoms. The normalized spacial score (nSPS) is 19.4. The fraction of sp³-hybridized carbons (Fsp3) is 0.100. The van der Waals surface area contributed by atoms with Gasteiger partial charge >= 0.3 is 0 Å². The lowest BCUT2D eigenvalue weighted by Gasteiger charge is -2.34. The lowest BCUT2D eigenvalue weighted by Crippen LogP contribution is -2.22. The molecular weight excluding hydrogens is 388 g/mol. The number of hydrogen-bond acceptors (Lipinski definition) is 2. The van der Waals surface area contributed by atoms with E-state index in [1.165, 1.54) is 22.3 Å². The van der Waals surface area contributed by atoms with Gasteiger partial charge in [0.25, 0.3) is 0 Å². The standard InChI is InChI=1S/C30H26N2/c1-5-13-23(14-6-1)28-21-27(32-31-26-19-11-4-12-20-26)22-29(24-15-7-2-8-16-24)30(28)25-17-9-3-10-18-25/h1-21,29-31H,22H2/b32-27+/t29-,30-/m0/s1. The summed E-state index contributed by atoms with van der Waals surface area (Å²) in [4.78, 5) is 0. The second-order valence-corrected chi connectivity index (χ2v) is 8.16. The Morgan fingerprint density at radius 2 is 1.12 bits per heavy atom. The van der Waals surface area contributed by atoms with E-state index in [0.29, 0.717) is 5.92 Å². The van der Waals surface area contributed by atoms with E-state index < -0.39 is 0 Å². The molecule has 4 aromatic carbocycles. The second-order valence-electron chi connectivity index (χ2n) is 8.16. The van der Waals surface area contributed by atoms with Gasteiger partial charge in [-0.05, 0) is 46.9 Å². The molecule has 0 aliphatic heterocycles. The molecule has 0 amide bonds. The Balaban J connectivity index is 1.63. The van der Waals surface area contributed by atoms with Crippen LogP contribution in [0.1, 0.15) is 34.9 Å². The highest BCUT2D eigenvalue weighted by Crippen LogP contribution is 2.47. The first-order valence-corrected chi connectivity index (χ1v) is 11.1. The summed E-state index contributed by atoms with van der Waals surface area (Å²) in [7, 11) is 0. The van der Waals surface area contributed by atoms with E-state index in [0.717, 1.165) is 17.8 Å². The Hall–Kier alpha value is -3.91.